The van der Waals surface area contributed by atoms with Crippen molar-refractivity contribution in [1.82, 2.24) is 10.2 Å². The van der Waals surface area contributed by atoms with Crippen LogP contribution < -0.4 is 4.72 Å². The average molecular weight is 344 g/mol. The molecule has 0 aliphatic carbocycles. The van der Waals surface area contributed by atoms with Crippen molar-refractivity contribution in [3.8, 4) is 0 Å². The number of carbonyl (C=O) groups is 1. The molecule has 0 bridgehead atoms. The zero-order valence-electron chi connectivity index (χ0n) is 11.9. The monoisotopic (exact) mass is 343 g/mol. The number of aromatic amines is 1. The van der Waals surface area contributed by atoms with Crippen LogP contribution in [0, 0.1) is 6.92 Å². The van der Waals surface area contributed by atoms with Crippen LogP contribution in [0.2, 0.25) is 5.02 Å². The van der Waals surface area contributed by atoms with E-state index in [1.807, 2.05) is 6.92 Å². The smallest absolute Gasteiger partial charge is 0.342 e. The Morgan fingerprint density at radius 1 is 1.45 bits per heavy atom. The molecule has 2 rings (SSSR count). The molecule has 9 heteroatoms. The zero-order valence-corrected chi connectivity index (χ0v) is 13.5. The maximum absolute atomic E-state index is 12.4. The van der Waals surface area contributed by atoms with E-state index in [4.69, 9.17) is 16.3 Å². The van der Waals surface area contributed by atoms with Gasteiger partial charge in [-0.2, -0.15) is 13.5 Å². The molecule has 0 saturated carbocycles. The number of sulfonamides is 1. The van der Waals surface area contributed by atoms with E-state index >= 15 is 0 Å². The van der Waals surface area contributed by atoms with Crippen LogP contribution in [0.3, 0.4) is 0 Å². The molecular weight excluding hydrogens is 330 g/mol. The van der Waals surface area contributed by atoms with E-state index < -0.39 is 16.0 Å². The Morgan fingerprint density at radius 2 is 2.18 bits per heavy atom. The Morgan fingerprint density at radius 3 is 2.82 bits per heavy atom. The Kier molecular flexibility index (Phi) is 4.72. The number of aryl methyl sites for hydroxylation is 1. The molecule has 0 radical (unpaired) electrons. The van der Waals surface area contributed by atoms with Crippen molar-refractivity contribution >= 4 is 33.3 Å². The first-order chi connectivity index (χ1) is 10.3. The summed E-state index contributed by atoms with van der Waals surface area (Å²) in [7, 11) is -4.05. The lowest BCUT2D eigenvalue weighted by atomic mass is 10.2. The number of hydrogen-bond donors (Lipinski definition) is 2. The minimum Gasteiger partial charge on any atom is -0.462 e. The molecule has 0 aliphatic rings. The van der Waals surface area contributed by atoms with Crippen molar-refractivity contribution in [2.45, 2.75) is 18.9 Å². The standard InChI is InChI=1S/C13H14ClN3O4S/c1-3-21-13(18)9-7-15-16-12(9)22(19,20)17-11-5-4-8(2)6-10(11)14/h4-7,17H,3H2,1-2H3,(H,15,16). The number of benzene rings is 1. The SMILES string of the molecule is CCOC(=O)c1cn[nH]c1S(=O)(=O)Nc1ccc(C)cc1Cl. The summed E-state index contributed by atoms with van der Waals surface area (Å²) in [5.41, 5.74) is 0.927. The molecular formula is C13H14ClN3O4S. The summed E-state index contributed by atoms with van der Waals surface area (Å²) in [4.78, 5) is 11.7. The summed E-state index contributed by atoms with van der Waals surface area (Å²) in [6.45, 7) is 3.58. The molecule has 1 heterocycles. The Balaban J connectivity index is 2.35. The highest BCUT2D eigenvalue weighted by Crippen LogP contribution is 2.26. The second-order valence-corrected chi connectivity index (χ2v) is 6.45. The van der Waals surface area contributed by atoms with Gasteiger partial charge < -0.3 is 4.74 Å². The fraction of sp³-hybridized carbons (Fsp3) is 0.231. The third kappa shape index (κ3) is 3.40. The number of nitrogens with one attached hydrogen (secondary N) is 2. The molecule has 0 amide bonds. The van der Waals surface area contributed by atoms with Crippen molar-refractivity contribution < 1.29 is 17.9 Å². The number of anilines is 1. The third-order valence-corrected chi connectivity index (χ3v) is 4.39. The van der Waals surface area contributed by atoms with Gasteiger partial charge >= 0.3 is 5.97 Å². The molecule has 1 aromatic carbocycles. The first-order valence-corrected chi connectivity index (χ1v) is 8.20. The topological polar surface area (TPSA) is 101 Å². The van der Waals surface area contributed by atoms with Crippen LogP contribution in [0.25, 0.3) is 0 Å². The van der Waals surface area contributed by atoms with E-state index in [-0.39, 0.29) is 27.9 Å². The number of halogens is 1. The van der Waals surface area contributed by atoms with Crippen LogP contribution in [0.4, 0.5) is 5.69 Å². The van der Waals surface area contributed by atoms with Gasteiger partial charge in [-0.3, -0.25) is 9.82 Å². The van der Waals surface area contributed by atoms with Gasteiger partial charge in [0.15, 0.2) is 5.03 Å². The van der Waals surface area contributed by atoms with Crippen LogP contribution in [-0.4, -0.2) is 31.2 Å². The molecule has 118 valence electrons. The van der Waals surface area contributed by atoms with Crippen molar-refractivity contribution in [3.05, 3.63) is 40.5 Å². The number of aromatic nitrogens is 2. The molecule has 0 fully saturated rings. The lowest BCUT2D eigenvalue weighted by molar-refractivity contribution is 0.0522. The van der Waals surface area contributed by atoms with Crippen LogP contribution in [-0.2, 0) is 14.8 Å². The van der Waals surface area contributed by atoms with Gasteiger partial charge in [-0.25, -0.2) is 4.79 Å². The largest absolute Gasteiger partial charge is 0.462 e. The fourth-order valence-corrected chi connectivity index (χ4v) is 3.24. The molecule has 2 aromatic rings. The quantitative estimate of drug-likeness (QED) is 0.811. The van der Waals surface area contributed by atoms with Gasteiger partial charge in [-0.05, 0) is 31.5 Å². The normalized spacial score (nSPS) is 11.2. The lowest BCUT2D eigenvalue weighted by Gasteiger charge is -2.10. The molecule has 0 spiro atoms. The second-order valence-electron chi connectivity index (χ2n) is 4.42. The van der Waals surface area contributed by atoms with Crippen LogP contribution in [0.1, 0.15) is 22.8 Å². The Hall–Kier alpha value is -2.06. The van der Waals surface area contributed by atoms with Gasteiger partial charge in [-0.1, -0.05) is 17.7 Å². The summed E-state index contributed by atoms with van der Waals surface area (Å²) in [6, 6.07) is 4.87. The number of H-pyrrole nitrogens is 1. The summed E-state index contributed by atoms with van der Waals surface area (Å²) >= 11 is 6.00. The van der Waals surface area contributed by atoms with Crippen LogP contribution >= 0.6 is 11.6 Å². The number of ether oxygens (including phenoxy) is 1. The van der Waals surface area contributed by atoms with Gasteiger partial charge in [0, 0.05) is 0 Å². The minimum absolute atomic E-state index is 0.126. The third-order valence-electron chi connectivity index (χ3n) is 2.74. The molecule has 2 N–H and O–H groups in total. The van der Waals surface area contributed by atoms with E-state index in [2.05, 4.69) is 14.9 Å². The van der Waals surface area contributed by atoms with Crippen molar-refractivity contribution in [3.63, 3.8) is 0 Å². The van der Waals surface area contributed by atoms with Gasteiger partial charge in [0.1, 0.15) is 5.56 Å². The highest BCUT2D eigenvalue weighted by atomic mass is 35.5. The summed E-state index contributed by atoms with van der Waals surface area (Å²) in [5, 5.41) is 5.76. The molecule has 22 heavy (non-hydrogen) atoms. The van der Waals surface area contributed by atoms with Gasteiger partial charge in [0.05, 0.1) is 23.5 Å². The zero-order chi connectivity index (χ0) is 16.3. The molecule has 0 aliphatic heterocycles. The molecule has 1 aromatic heterocycles. The summed E-state index contributed by atoms with van der Waals surface area (Å²) in [5.74, 6) is -0.772. The maximum Gasteiger partial charge on any atom is 0.342 e. The predicted molar refractivity (Wildman–Crippen MR) is 81.5 cm³/mol. The molecule has 0 atom stereocenters. The number of rotatable bonds is 5. The van der Waals surface area contributed by atoms with E-state index in [9.17, 15) is 13.2 Å². The summed E-state index contributed by atoms with van der Waals surface area (Å²) in [6.07, 6.45) is 1.10. The first kappa shape index (κ1) is 16.3. The maximum atomic E-state index is 12.4. The molecule has 0 unspecified atom stereocenters. The van der Waals surface area contributed by atoms with E-state index in [1.54, 1.807) is 19.1 Å². The number of carbonyl (C=O) groups excluding carboxylic acids is 1. The minimum atomic E-state index is -4.05. The van der Waals surface area contributed by atoms with Crippen molar-refractivity contribution in [2.75, 3.05) is 11.3 Å². The second kappa shape index (κ2) is 6.37. The average Bonchev–Trinajstić information content (AvgIpc) is 2.92. The molecule has 7 nitrogen and oxygen atoms in total. The van der Waals surface area contributed by atoms with E-state index in [0.717, 1.165) is 11.8 Å². The number of nitrogens with zero attached hydrogens (tertiary/aromatic N) is 1. The van der Waals surface area contributed by atoms with Crippen molar-refractivity contribution in [1.29, 1.82) is 0 Å². The van der Waals surface area contributed by atoms with Crippen LogP contribution in [0.15, 0.2) is 29.4 Å². The van der Waals surface area contributed by atoms with Crippen molar-refractivity contribution in [2.24, 2.45) is 0 Å². The highest BCUT2D eigenvalue weighted by molar-refractivity contribution is 7.92. The highest BCUT2D eigenvalue weighted by Gasteiger charge is 2.26. The van der Waals surface area contributed by atoms with Gasteiger partial charge in [0.2, 0.25) is 0 Å². The number of hydrogen-bond acceptors (Lipinski definition) is 5. The summed E-state index contributed by atoms with van der Waals surface area (Å²) < 4.78 is 31.9. The van der Waals surface area contributed by atoms with Crippen LogP contribution in [0.5, 0.6) is 0 Å². The Labute approximate surface area is 132 Å². The molecule has 0 saturated heterocycles. The Bertz CT molecular complexity index is 801. The number of esters is 1. The predicted octanol–water partition coefficient (Wildman–Crippen LogP) is 2.35. The van der Waals surface area contributed by atoms with Gasteiger partial charge in [-0.15, -0.1) is 0 Å². The fourth-order valence-electron chi connectivity index (χ4n) is 1.73. The lowest BCUT2D eigenvalue weighted by Crippen LogP contribution is -2.18. The van der Waals surface area contributed by atoms with Gasteiger partial charge in [0.25, 0.3) is 10.0 Å². The van der Waals surface area contributed by atoms with E-state index in [0.29, 0.717) is 0 Å². The first-order valence-electron chi connectivity index (χ1n) is 6.34. The van der Waals surface area contributed by atoms with E-state index in [1.165, 1.54) is 6.07 Å².